The summed E-state index contributed by atoms with van der Waals surface area (Å²) in [5.74, 6) is 0.782. The fourth-order valence-corrected chi connectivity index (χ4v) is 3.69. The number of hydrogen-bond donors (Lipinski definition) is 1. The van der Waals surface area contributed by atoms with Crippen molar-refractivity contribution in [2.24, 2.45) is 7.05 Å². The number of halogens is 1. The Balaban J connectivity index is 1.72. The van der Waals surface area contributed by atoms with Gasteiger partial charge in [-0.05, 0) is 25.0 Å². The van der Waals surface area contributed by atoms with Crippen LogP contribution in [-0.4, -0.2) is 26.4 Å². The van der Waals surface area contributed by atoms with Crippen molar-refractivity contribution >= 4 is 34.4 Å². The summed E-state index contributed by atoms with van der Waals surface area (Å²) in [6, 6.07) is 9.23. The number of carbonyl (C=O) groups excluding carboxylic acids is 1. The van der Waals surface area contributed by atoms with Gasteiger partial charge in [0.25, 0.3) is 5.56 Å². The summed E-state index contributed by atoms with van der Waals surface area (Å²) < 4.78 is 1.52. The van der Waals surface area contributed by atoms with E-state index in [4.69, 9.17) is 11.6 Å². The van der Waals surface area contributed by atoms with Gasteiger partial charge in [0.2, 0.25) is 5.95 Å². The lowest BCUT2D eigenvalue weighted by Crippen LogP contribution is -2.27. The molecule has 1 aromatic carbocycles. The van der Waals surface area contributed by atoms with E-state index in [1.807, 2.05) is 18.2 Å². The molecule has 0 aliphatic heterocycles. The molecule has 2 aromatic heterocycles. The van der Waals surface area contributed by atoms with Crippen LogP contribution in [0.3, 0.4) is 0 Å². The van der Waals surface area contributed by atoms with Gasteiger partial charge in [0.05, 0.1) is 0 Å². The average Bonchev–Trinajstić information content (AvgIpc) is 2.67. The van der Waals surface area contributed by atoms with Crippen LogP contribution >= 0.6 is 11.6 Å². The van der Waals surface area contributed by atoms with Gasteiger partial charge in [-0.1, -0.05) is 29.8 Å². The first kappa shape index (κ1) is 17.7. The van der Waals surface area contributed by atoms with Crippen molar-refractivity contribution in [2.75, 3.05) is 5.32 Å². The van der Waals surface area contributed by atoms with Crippen molar-refractivity contribution in [3.8, 4) is 11.1 Å². The fourth-order valence-electron chi connectivity index (χ4n) is 3.46. The van der Waals surface area contributed by atoms with Gasteiger partial charge >= 0.3 is 0 Å². The second-order valence-electron chi connectivity index (χ2n) is 6.83. The minimum Gasteiger partial charge on any atom is -0.351 e. The van der Waals surface area contributed by atoms with E-state index in [0.717, 1.165) is 18.2 Å². The van der Waals surface area contributed by atoms with Crippen molar-refractivity contribution in [1.29, 1.82) is 0 Å². The molecule has 1 saturated carbocycles. The maximum atomic E-state index is 12.9. The molecule has 2 heterocycles. The average molecular weight is 383 g/mol. The minimum absolute atomic E-state index is 0.163. The van der Waals surface area contributed by atoms with Crippen LogP contribution < -0.4 is 10.9 Å². The minimum atomic E-state index is -0.163. The van der Waals surface area contributed by atoms with E-state index in [1.165, 1.54) is 4.57 Å². The zero-order chi connectivity index (χ0) is 19.0. The van der Waals surface area contributed by atoms with Crippen LogP contribution in [0.15, 0.2) is 41.3 Å². The largest absolute Gasteiger partial charge is 0.351 e. The molecule has 27 heavy (non-hydrogen) atoms. The highest BCUT2D eigenvalue weighted by Gasteiger charge is 2.20. The molecule has 1 N–H and O–H groups in total. The summed E-state index contributed by atoms with van der Waals surface area (Å²) in [5.41, 5.74) is 1.60. The lowest BCUT2D eigenvalue weighted by molar-refractivity contribution is -0.120. The van der Waals surface area contributed by atoms with Crippen LogP contribution in [0, 0.1) is 0 Å². The lowest BCUT2D eigenvalue weighted by Gasteiger charge is -2.22. The molecule has 1 fully saturated rings. The highest BCUT2D eigenvalue weighted by atomic mass is 35.5. The fraction of sp³-hybridized carbons (Fsp3) is 0.300. The molecular weight excluding hydrogens is 364 g/mol. The van der Waals surface area contributed by atoms with Gasteiger partial charge in [-0.15, -0.1) is 0 Å². The number of ketones is 1. The summed E-state index contributed by atoms with van der Waals surface area (Å²) >= 11 is 6.26. The third-order valence-electron chi connectivity index (χ3n) is 4.99. The summed E-state index contributed by atoms with van der Waals surface area (Å²) in [4.78, 5) is 33.2. The molecule has 1 aliphatic carbocycles. The Bertz CT molecular complexity index is 1080. The van der Waals surface area contributed by atoms with Crippen LogP contribution in [0.1, 0.15) is 25.7 Å². The SMILES string of the molecule is Cn1c(=O)c(-c2ccccc2Cl)cc2cnc(NC3CCC(=O)CC3)nc21. The Hall–Kier alpha value is -2.73. The van der Waals surface area contributed by atoms with E-state index >= 15 is 0 Å². The van der Waals surface area contributed by atoms with Crippen LogP contribution in [0.2, 0.25) is 5.02 Å². The van der Waals surface area contributed by atoms with Gasteiger partial charge in [-0.2, -0.15) is 4.98 Å². The summed E-state index contributed by atoms with van der Waals surface area (Å²) in [5, 5.41) is 4.57. The topological polar surface area (TPSA) is 76.9 Å². The molecule has 138 valence electrons. The summed E-state index contributed by atoms with van der Waals surface area (Å²) in [6.45, 7) is 0. The molecule has 0 bridgehead atoms. The number of nitrogens with one attached hydrogen (secondary N) is 1. The third-order valence-corrected chi connectivity index (χ3v) is 5.32. The summed E-state index contributed by atoms with van der Waals surface area (Å²) in [7, 11) is 1.70. The Morgan fingerprint density at radius 1 is 1.15 bits per heavy atom. The van der Waals surface area contributed by atoms with E-state index in [2.05, 4.69) is 15.3 Å². The number of rotatable bonds is 3. The second kappa shape index (κ2) is 7.12. The molecule has 6 nitrogen and oxygen atoms in total. The van der Waals surface area contributed by atoms with Crippen LogP contribution in [0.5, 0.6) is 0 Å². The Morgan fingerprint density at radius 3 is 2.63 bits per heavy atom. The standard InChI is InChI=1S/C20H19ClN4O2/c1-25-18-12(10-16(19(25)27)15-4-2-3-5-17(15)21)11-22-20(24-18)23-13-6-8-14(26)9-7-13/h2-5,10-11,13H,6-9H2,1H3,(H,22,23,24). The molecule has 0 saturated heterocycles. The predicted octanol–water partition coefficient (Wildman–Crippen LogP) is 3.57. The van der Waals surface area contributed by atoms with Crippen LogP contribution in [0.25, 0.3) is 22.2 Å². The maximum Gasteiger partial charge on any atom is 0.259 e. The van der Waals surface area contributed by atoms with Crippen LogP contribution in [0.4, 0.5) is 5.95 Å². The number of fused-ring (bicyclic) bond motifs is 1. The van der Waals surface area contributed by atoms with E-state index in [0.29, 0.717) is 46.4 Å². The Morgan fingerprint density at radius 2 is 1.89 bits per heavy atom. The molecule has 3 aromatic rings. The van der Waals surface area contributed by atoms with E-state index in [1.54, 1.807) is 25.4 Å². The Labute approximate surface area is 161 Å². The number of hydrogen-bond acceptors (Lipinski definition) is 5. The highest BCUT2D eigenvalue weighted by Crippen LogP contribution is 2.27. The number of carbonyl (C=O) groups is 1. The van der Waals surface area contributed by atoms with E-state index < -0.39 is 0 Å². The molecule has 0 amide bonds. The first-order valence-electron chi connectivity index (χ1n) is 8.93. The highest BCUT2D eigenvalue weighted by molar-refractivity contribution is 6.33. The lowest BCUT2D eigenvalue weighted by atomic mass is 9.94. The number of benzene rings is 1. The van der Waals surface area contributed by atoms with Crippen molar-refractivity contribution in [3.05, 3.63) is 51.9 Å². The molecular formula is C20H19ClN4O2. The zero-order valence-electron chi connectivity index (χ0n) is 14.9. The Kier molecular flexibility index (Phi) is 4.66. The number of Topliss-reactive ketones (excluding diaryl/α,β-unsaturated/α-hetero) is 1. The zero-order valence-corrected chi connectivity index (χ0v) is 15.7. The molecule has 1 aliphatic rings. The number of pyridine rings is 1. The van der Waals surface area contributed by atoms with Crippen molar-refractivity contribution in [1.82, 2.24) is 14.5 Å². The molecule has 4 rings (SSSR count). The van der Waals surface area contributed by atoms with Crippen molar-refractivity contribution in [3.63, 3.8) is 0 Å². The maximum absolute atomic E-state index is 12.9. The first-order valence-corrected chi connectivity index (χ1v) is 9.30. The van der Waals surface area contributed by atoms with Gasteiger partial charge < -0.3 is 5.32 Å². The number of nitrogens with zero attached hydrogens (tertiary/aromatic N) is 3. The van der Waals surface area contributed by atoms with Gasteiger partial charge in [-0.3, -0.25) is 14.2 Å². The van der Waals surface area contributed by atoms with Gasteiger partial charge in [0.1, 0.15) is 11.4 Å². The van der Waals surface area contributed by atoms with Gasteiger partial charge in [0, 0.05) is 53.7 Å². The van der Waals surface area contributed by atoms with E-state index in [9.17, 15) is 9.59 Å². The van der Waals surface area contributed by atoms with Crippen molar-refractivity contribution in [2.45, 2.75) is 31.7 Å². The molecule has 0 atom stereocenters. The molecule has 0 radical (unpaired) electrons. The molecule has 7 heteroatoms. The quantitative estimate of drug-likeness (QED) is 0.749. The normalized spacial score (nSPS) is 15.3. The van der Waals surface area contributed by atoms with Gasteiger partial charge in [0.15, 0.2) is 0 Å². The first-order chi connectivity index (χ1) is 13.0. The smallest absolute Gasteiger partial charge is 0.259 e. The van der Waals surface area contributed by atoms with Crippen LogP contribution in [-0.2, 0) is 11.8 Å². The van der Waals surface area contributed by atoms with E-state index in [-0.39, 0.29) is 11.6 Å². The number of anilines is 1. The number of aromatic nitrogens is 3. The molecule has 0 unspecified atom stereocenters. The molecule has 0 spiro atoms. The summed E-state index contributed by atoms with van der Waals surface area (Å²) in [6.07, 6.45) is 4.45. The monoisotopic (exact) mass is 382 g/mol. The third kappa shape index (κ3) is 3.45. The predicted molar refractivity (Wildman–Crippen MR) is 106 cm³/mol. The second-order valence-corrected chi connectivity index (χ2v) is 7.24. The number of aryl methyl sites for hydroxylation is 1. The van der Waals surface area contributed by atoms with Gasteiger partial charge in [-0.25, -0.2) is 4.98 Å². The van der Waals surface area contributed by atoms with Crippen molar-refractivity contribution < 1.29 is 4.79 Å².